The number of nitrogens with one attached hydrogen (secondary N) is 1. The van der Waals surface area contributed by atoms with Gasteiger partial charge in [-0.05, 0) is 88.1 Å². The first-order chi connectivity index (χ1) is 14.4. The lowest BCUT2D eigenvalue weighted by molar-refractivity contribution is -0.119. The number of carbonyl (C=O) groups is 1. The van der Waals surface area contributed by atoms with Gasteiger partial charge >= 0.3 is 0 Å². The monoisotopic (exact) mass is 429 g/mol. The van der Waals surface area contributed by atoms with E-state index in [-0.39, 0.29) is 17.3 Å². The Morgan fingerprint density at radius 3 is 2.30 bits per heavy atom. The van der Waals surface area contributed by atoms with Crippen LogP contribution in [0.15, 0.2) is 53.4 Å². The Kier molecular flexibility index (Phi) is 7.50. The van der Waals surface area contributed by atoms with Crippen LogP contribution in [0.5, 0.6) is 0 Å². The van der Waals surface area contributed by atoms with Crippen molar-refractivity contribution >= 4 is 21.6 Å². The third kappa shape index (κ3) is 5.83. The number of benzene rings is 2. The van der Waals surface area contributed by atoms with Crippen molar-refractivity contribution in [3.05, 3.63) is 59.7 Å². The molecule has 0 unspecified atom stereocenters. The van der Waals surface area contributed by atoms with Crippen LogP contribution in [-0.4, -0.2) is 51.9 Å². The van der Waals surface area contributed by atoms with Crippen LogP contribution in [0.4, 0.5) is 5.69 Å². The van der Waals surface area contributed by atoms with Gasteiger partial charge in [-0.1, -0.05) is 24.3 Å². The Hall–Kier alpha value is -2.38. The van der Waals surface area contributed by atoms with Crippen molar-refractivity contribution in [2.75, 3.05) is 37.0 Å². The van der Waals surface area contributed by atoms with Gasteiger partial charge in [-0.2, -0.15) is 0 Å². The summed E-state index contributed by atoms with van der Waals surface area (Å²) in [5.74, 6) is -0.296. The third-order valence-electron chi connectivity index (χ3n) is 5.28. The van der Waals surface area contributed by atoms with Crippen molar-refractivity contribution in [2.45, 2.75) is 38.0 Å². The van der Waals surface area contributed by atoms with E-state index in [0.29, 0.717) is 12.2 Å². The molecule has 1 amide bonds. The summed E-state index contributed by atoms with van der Waals surface area (Å²) in [5.41, 5.74) is 2.40. The average molecular weight is 430 g/mol. The highest BCUT2D eigenvalue weighted by atomic mass is 32.2. The van der Waals surface area contributed by atoms with E-state index < -0.39 is 10.0 Å². The lowest BCUT2D eigenvalue weighted by Crippen LogP contribution is -2.41. The normalized spacial score (nSPS) is 14.6. The van der Waals surface area contributed by atoms with Gasteiger partial charge in [0.1, 0.15) is 6.54 Å². The zero-order chi connectivity index (χ0) is 21.6. The van der Waals surface area contributed by atoms with E-state index in [1.165, 1.54) is 17.1 Å². The molecule has 0 saturated carbocycles. The maximum Gasteiger partial charge on any atom is 0.264 e. The van der Waals surface area contributed by atoms with E-state index in [2.05, 4.69) is 10.2 Å². The van der Waals surface area contributed by atoms with Crippen LogP contribution in [0.1, 0.15) is 30.4 Å². The molecule has 30 heavy (non-hydrogen) atoms. The third-order valence-corrected chi connectivity index (χ3v) is 7.07. The average Bonchev–Trinajstić information content (AvgIpc) is 3.23. The van der Waals surface area contributed by atoms with Crippen LogP contribution in [0, 0.1) is 13.8 Å². The van der Waals surface area contributed by atoms with E-state index in [1.54, 1.807) is 42.5 Å². The minimum absolute atomic E-state index is 0.172. The highest BCUT2D eigenvalue weighted by molar-refractivity contribution is 7.92. The number of amides is 1. The summed E-state index contributed by atoms with van der Waals surface area (Å²) in [5, 5.41) is 2.89. The van der Waals surface area contributed by atoms with E-state index in [9.17, 15) is 13.2 Å². The van der Waals surface area contributed by atoms with Crippen molar-refractivity contribution in [3.8, 4) is 0 Å². The minimum atomic E-state index is -3.86. The second-order valence-corrected chi connectivity index (χ2v) is 9.79. The van der Waals surface area contributed by atoms with E-state index >= 15 is 0 Å². The van der Waals surface area contributed by atoms with Gasteiger partial charge < -0.3 is 10.2 Å². The molecule has 1 fully saturated rings. The zero-order valence-corrected chi connectivity index (χ0v) is 18.6. The number of likely N-dealkylation sites (tertiary alicyclic amines) is 1. The van der Waals surface area contributed by atoms with E-state index in [4.69, 9.17) is 0 Å². The highest BCUT2D eigenvalue weighted by Crippen LogP contribution is 2.25. The van der Waals surface area contributed by atoms with Gasteiger partial charge in [0.25, 0.3) is 10.0 Å². The van der Waals surface area contributed by atoms with Crippen LogP contribution in [0.3, 0.4) is 0 Å². The van der Waals surface area contributed by atoms with Gasteiger partial charge in [-0.25, -0.2) is 8.42 Å². The molecule has 0 atom stereocenters. The van der Waals surface area contributed by atoms with Gasteiger partial charge in [-0.3, -0.25) is 9.10 Å². The number of carbonyl (C=O) groups excluding carboxylic acids is 1. The summed E-state index contributed by atoms with van der Waals surface area (Å²) in [4.78, 5) is 15.2. The van der Waals surface area contributed by atoms with Gasteiger partial charge in [-0.15, -0.1) is 0 Å². The summed E-state index contributed by atoms with van der Waals surface area (Å²) in [6.45, 7) is 7.35. The summed E-state index contributed by atoms with van der Waals surface area (Å²) in [6.07, 6.45) is 3.35. The fraction of sp³-hybridized carbons (Fsp3) is 0.435. The standard InChI is InChI=1S/C23H31N3O3S/c1-19-15-20(2)17-21(16-19)26(30(28,29)22-9-4-3-5-10-22)18-23(27)24-11-8-14-25-12-6-7-13-25/h3-5,9-10,15-17H,6-8,11-14,18H2,1-2H3,(H,24,27). The fourth-order valence-electron chi connectivity index (χ4n) is 3.85. The van der Waals surface area contributed by atoms with Gasteiger partial charge in [0.2, 0.25) is 5.91 Å². The van der Waals surface area contributed by atoms with Crippen LogP contribution in [-0.2, 0) is 14.8 Å². The Bertz CT molecular complexity index is 935. The molecule has 1 saturated heterocycles. The molecule has 0 aromatic heterocycles. The maximum atomic E-state index is 13.3. The molecule has 162 valence electrons. The van der Waals surface area contributed by atoms with Gasteiger partial charge in [0.15, 0.2) is 0 Å². The van der Waals surface area contributed by atoms with E-state index in [0.717, 1.165) is 37.2 Å². The number of hydrogen-bond donors (Lipinski definition) is 1. The molecular weight excluding hydrogens is 398 g/mol. The SMILES string of the molecule is Cc1cc(C)cc(N(CC(=O)NCCCN2CCCC2)S(=O)(=O)c2ccccc2)c1. The number of aryl methyl sites for hydroxylation is 2. The first-order valence-corrected chi connectivity index (χ1v) is 12.0. The van der Waals surface area contributed by atoms with Crippen molar-refractivity contribution in [3.63, 3.8) is 0 Å². The molecule has 6 nitrogen and oxygen atoms in total. The highest BCUT2D eigenvalue weighted by Gasteiger charge is 2.27. The largest absolute Gasteiger partial charge is 0.354 e. The zero-order valence-electron chi connectivity index (χ0n) is 17.8. The lowest BCUT2D eigenvalue weighted by Gasteiger charge is -2.25. The number of hydrogen-bond acceptors (Lipinski definition) is 4. The predicted octanol–water partition coefficient (Wildman–Crippen LogP) is 3.10. The summed E-state index contributed by atoms with van der Waals surface area (Å²) >= 11 is 0. The summed E-state index contributed by atoms with van der Waals surface area (Å²) in [6, 6.07) is 13.8. The molecule has 1 heterocycles. The van der Waals surface area contributed by atoms with E-state index in [1.807, 2.05) is 19.9 Å². The molecule has 1 aliphatic heterocycles. The molecule has 3 rings (SSSR count). The first kappa shape index (κ1) is 22.3. The topological polar surface area (TPSA) is 69.7 Å². The minimum Gasteiger partial charge on any atom is -0.354 e. The van der Waals surface area contributed by atoms with Crippen LogP contribution in [0.25, 0.3) is 0 Å². The molecule has 0 radical (unpaired) electrons. The summed E-state index contributed by atoms with van der Waals surface area (Å²) < 4.78 is 27.9. The lowest BCUT2D eigenvalue weighted by atomic mass is 10.1. The number of nitrogens with zero attached hydrogens (tertiary/aromatic N) is 2. The second kappa shape index (κ2) is 10.1. The number of rotatable bonds is 9. The quantitative estimate of drug-likeness (QED) is 0.622. The molecule has 1 N–H and O–H groups in total. The Labute approximate surface area is 179 Å². The van der Waals surface area contributed by atoms with Gasteiger partial charge in [0.05, 0.1) is 10.6 Å². The smallest absolute Gasteiger partial charge is 0.264 e. The van der Waals surface area contributed by atoms with Crippen molar-refractivity contribution in [2.24, 2.45) is 0 Å². The second-order valence-electron chi connectivity index (χ2n) is 7.92. The summed E-state index contributed by atoms with van der Waals surface area (Å²) in [7, 11) is -3.86. The molecule has 0 aliphatic carbocycles. The molecule has 0 spiro atoms. The maximum absolute atomic E-state index is 13.3. The van der Waals surface area contributed by atoms with Crippen LogP contribution < -0.4 is 9.62 Å². The molecule has 2 aromatic carbocycles. The molecular formula is C23H31N3O3S. The van der Waals surface area contributed by atoms with Crippen molar-refractivity contribution in [1.82, 2.24) is 10.2 Å². The fourth-order valence-corrected chi connectivity index (χ4v) is 5.28. The first-order valence-electron chi connectivity index (χ1n) is 10.5. The number of anilines is 1. The van der Waals surface area contributed by atoms with Crippen LogP contribution >= 0.6 is 0 Å². The van der Waals surface area contributed by atoms with Crippen molar-refractivity contribution in [1.29, 1.82) is 0 Å². The molecule has 1 aliphatic rings. The Morgan fingerprint density at radius 2 is 1.67 bits per heavy atom. The molecule has 2 aromatic rings. The Morgan fingerprint density at radius 1 is 1.03 bits per heavy atom. The van der Waals surface area contributed by atoms with Gasteiger partial charge in [0, 0.05) is 6.54 Å². The molecule has 0 bridgehead atoms. The molecule has 7 heteroatoms. The predicted molar refractivity (Wildman–Crippen MR) is 120 cm³/mol. The Balaban J connectivity index is 1.73. The number of sulfonamides is 1. The van der Waals surface area contributed by atoms with Crippen LogP contribution in [0.2, 0.25) is 0 Å². The van der Waals surface area contributed by atoms with Crippen molar-refractivity contribution < 1.29 is 13.2 Å².